The summed E-state index contributed by atoms with van der Waals surface area (Å²) < 4.78 is 10.8. The van der Waals surface area contributed by atoms with Gasteiger partial charge >= 0.3 is 5.97 Å². The van der Waals surface area contributed by atoms with Gasteiger partial charge in [-0.15, -0.1) is 0 Å². The molecule has 0 spiro atoms. The van der Waals surface area contributed by atoms with Gasteiger partial charge < -0.3 is 14.8 Å². The maximum atomic E-state index is 12.0. The molecule has 0 atom stereocenters. The molecule has 5 nitrogen and oxygen atoms in total. The van der Waals surface area contributed by atoms with Crippen LogP contribution >= 0.6 is 0 Å². The summed E-state index contributed by atoms with van der Waals surface area (Å²) in [7, 11) is 0. The van der Waals surface area contributed by atoms with E-state index in [0.717, 1.165) is 11.1 Å². The van der Waals surface area contributed by atoms with Crippen molar-refractivity contribution in [3.63, 3.8) is 0 Å². The first-order valence-corrected chi connectivity index (χ1v) is 8.17. The Balaban J connectivity index is 1.92. The Morgan fingerprint density at radius 1 is 1.08 bits per heavy atom. The highest BCUT2D eigenvalue weighted by Crippen LogP contribution is 2.24. The maximum absolute atomic E-state index is 12.0. The Labute approximate surface area is 148 Å². The van der Waals surface area contributed by atoms with Gasteiger partial charge in [0, 0.05) is 12.6 Å². The average Bonchev–Trinajstić information content (AvgIpc) is 2.55. The second kappa shape index (κ2) is 8.33. The monoisotopic (exact) mass is 341 g/mol. The van der Waals surface area contributed by atoms with Crippen molar-refractivity contribution < 1.29 is 19.1 Å². The largest absolute Gasteiger partial charge is 0.482 e. The molecule has 5 heteroatoms. The van der Waals surface area contributed by atoms with Crippen LogP contribution in [-0.2, 0) is 9.59 Å². The van der Waals surface area contributed by atoms with Crippen LogP contribution < -0.4 is 14.8 Å². The van der Waals surface area contributed by atoms with Gasteiger partial charge in [-0.3, -0.25) is 4.79 Å². The number of aryl methyl sites for hydroxylation is 1. The van der Waals surface area contributed by atoms with E-state index in [1.165, 1.54) is 6.92 Å². The molecule has 0 fully saturated rings. The summed E-state index contributed by atoms with van der Waals surface area (Å²) in [4.78, 5) is 22.9. The standard InChI is InChI=1S/C20H23NO4/c1-13(2)16-6-5-14(3)19(11-16)24-12-20(23)25-18-9-7-17(8-10-18)21-15(4)22/h5-11,13H,12H2,1-4H3,(H,21,22). The van der Waals surface area contributed by atoms with Crippen LogP contribution in [0.5, 0.6) is 11.5 Å². The van der Waals surface area contributed by atoms with E-state index in [-0.39, 0.29) is 12.5 Å². The zero-order valence-corrected chi connectivity index (χ0v) is 15.0. The van der Waals surface area contributed by atoms with Gasteiger partial charge in [-0.1, -0.05) is 26.0 Å². The summed E-state index contributed by atoms with van der Waals surface area (Å²) in [5.74, 6) is 0.829. The zero-order chi connectivity index (χ0) is 18.4. The van der Waals surface area contributed by atoms with Crippen LogP contribution in [0.3, 0.4) is 0 Å². The van der Waals surface area contributed by atoms with Crippen LogP contribution in [0.4, 0.5) is 5.69 Å². The number of amides is 1. The van der Waals surface area contributed by atoms with Gasteiger partial charge in [0.15, 0.2) is 6.61 Å². The van der Waals surface area contributed by atoms with Crippen LogP contribution in [0.2, 0.25) is 0 Å². The van der Waals surface area contributed by atoms with Crippen LogP contribution in [-0.4, -0.2) is 18.5 Å². The topological polar surface area (TPSA) is 64.6 Å². The summed E-state index contributed by atoms with van der Waals surface area (Å²) in [5.41, 5.74) is 2.77. The molecule has 0 saturated heterocycles. The van der Waals surface area contributed by atoms with E-state index < -0.39 is 5.97 Å². The number of nitrogens with one attached hydrogen (secondary N) is 1. The minimum Gasteiger partial charge on any atom is -0.482 e. The van der Waals surface area contributed by atoms with E-state index in [0.29, 0.717) is 23.1 Å². The molecule has 2 rings (SSSR count). The molecule has 132 valence electrons. The summed E-state index contributed by atoms with van der Waals surface area (Å²) >= 11 is 0. The molecule has 1 amide bonds. The molecular weight excluding hydrogens is 318 g/mol. The minimum atomic E-state index is -0.485. The number of rotatable bonds is 6. The number of anilines is 1. The molecule has 25 heavy (non-hydrogen) atoms. The van der Waals surface area contributed by atoms with Gasteiger partial charge in [-0.05, 0) is 54.3 Å². The Morgan fingerprint density at radius 3 is 2.36 bits per heavy atom. The number of hydrogen-bond acceptors (Lipinski definition) is 4. The Hall–Kier alpha value is -2.82. The summed E-state index contributed by atoms with van der Waals surface area (Å²) in [5, 5.41) is 2.65. The van der Waals surface area contributed by atoms with Crippen LogP contribution in [0, 0.1) is 6.92 Å². The predicted octanol–water partition coefficient (Wildman–Crippen LogP) is 4.06. The van der Waals surface area contributed by atoms with Crippen molar-refractivity contribution in [1.82, 2.24) is 0 Å². The lowest BCUT2D eigenvalue weighted by Crippen LogP contribution is -2.18. The van der Waals surface area contributed by atoms with Gasteiger partial charge in [-0.25, -0.2) is 4.79 Å². The SMILES string of the molecule is CC(=O)Nc1ccc(OC(=O)COc2cc(C(C)C)ccc2C)cc1. The third-order valence-electron chi connectivity index (χ3n) is 3.63. The lowest BCUT2D eigenvalue weighted by molar-refractivity contribution is -0.136. The summed E-state index contributed by atoms with van der Waals surface area (Å²) in [6, 6.07) is 12.6. The Bertz CT molecular complexity index is 751. The molecule has 0 aliphatic carbocycles. The molecule has 0 radical (unpaired) electrons. The first kappa shape index (κ1) is 18.5. The fourth-order valence-corrected chi connectivity index (χ4v) is 2.24. The molecule has 0 aliphatic heterocycles. The van der Waals surface area contributed by atoms with Crippen molar-refractivity contribution >= 4 is 17.6 Å². The molecule has 2 aromatic rings. The first-order chi connectivity index (χ1) is 11.8. The van der Waals surface area contributed by atoms with E-state index in [4.69, 9.17) is 9.47 Å². The molecule has 0 heterocycles. The molecule has 0 aliphatic rings. The highest BCUT2D eigenvalue weighted by atomic mass is 16.6. The second-order valence-corrected chi connectivity index (χ2v) is 6.15. The number of carbonyl (C=O) groups excluding carboxylic acids is 2. The normalized spacial score (nSPS) is 10.4. The number of ether oxygens (including phenoxy) is 2. The molecule has 1 N–H and O–H groups in total. The molecular formula is C20H23NO4. The minimum absolute atomic E-state index is 0.155. The van der Waals surface area contributed by atoms with Gasteiger partial charge in [0.05, 0.1) is 0 Å². The van der Waals surface area contributed by atoms with E-state index in [2.05, 4.69) is 25.2 Å². The fourth-order valence-electron chi connectivity index (χ4n) is 2.24. The summed E-state index contributed by atoms with van der Waals surface area (Å²) in [6.07, 6.45) is 0. The Kier molecular flexibility index (Phi) is 6.17. The molecule has 0 unspecified atom stereocenters. The van der Waals surface area contributed by atoms with Crippen molar-refractivity contribution in [2.75, 3.05) is 11.9 Å². The van der Waals surface area contributed by atoms with Crippen molar-refractivity contribution in [3.05, 3.63) is 53.6 Å². The third kappa shape index (κ3) is 5.64. The first-order valence-electron chi connectivity index (χ1n) is 8.17. The van der Waals surface area contributed by atoms with E-state index in [9.17, 15) is 9.59 Å². The van der Waals surface area contributed by atoms with Crippen molar-refractivity contribution in [2.24, 2.45) is 0 Å². The predicted molar refractivity (Wildman–Crippen MR) is 97.1 cm³/mol. The second-order valence-electron chi connectivity index (χ2n) is 6.15. The summed E-state index contributed by atoms with van der Waals surface area (Å²) in [6.45, 7) is 7.41. The van der Waals surface area contributed by atoms with Crippen LogP contribution in [0.15, 0.2) is 42.5 Å². The fraction of sp³-hybridized carbons (Fsp3) is 0.300. The average molecular weight is 341 g/mol. The third-order valence-corrected chi connectivity index (χ3v) is 3.63. The van der Waals surface area contributed by atoms with Crippen LogP contribution in [0.25, 0.3) is 0 Å². The quantitative estimate of drug-likeness (QED) is 0.636. The molecule has 0 bridgehead atoms. The number of benzene rings is 2. The van der Waals surface area contributed by atoms with Crippen molar-refractivity contribution in [1.29, 1.82) is 0 Å². The molecule has 2 aromatic carbocycles. The van der Waals surface area contributed by atoms with Crippen molar-refractivity contribution in [2.45, 2.75) is 33.6 Å². The lowest BCUT2D eigenvalue weighted by atomic mass is 10.0. The van der Waals surface area contributed by atoms with Crippen LogP contribution in [0.1, 0.15) is 37.8 Å². The zero-order valence-electron chi connectivity index (χ0n) is 15.0. The molecule has 0 saturated carbocycles. The highest BCUT2D eigenvalue weighted by molar-refractivity contribution is 5.88. The van der Waals surface area contributed by atoms with Gasteiger partial charge in [0.25, 0.3) is 0 Å². The lowest BCUT2D eigenvalue weighted by Gasteiger charge is -2.12. The maximum Gasteiger partial charge on any atom is 0.349 e. The van der Waals surface area contributed by atoms with Gasteiger partial charge in [0.2, 0.25) is 5.91 Å². The van der Waals surface area contributed by atoms with E-state index >= 15 is 0 Å². The number of esters is 1. The number of hydrogen-bond donors (Lipinski definition) is 1. The Morgan fingerprint density at radius 2 is 1.76 bits per heavy atom. The van der Waals surface area contributed by atoms with Gasteiger partial charge in [-0.2, -0.15) is 0 Å². The van der Waals surface area contributed by atoms with E-state index in [1.807, 2.05) is 19.1 Å². The number of carbonyl (C=O) groups is 2. The van der Waals surface area contributed by atoms with E-state index in [1.54, 1.807) is 24.3 Å². The highest BCUT2D eigenvalue weighted by Gasteiger charge is 2.09. The van der Waals surface area contributed by atoms with Crippen molar-refractivity contribution in [3.8, 4) is 11.5 Å². The molecule has 0 aromatic heterocycles. The van der Waals surface area contributed by atoms with Gasteiger partial charge in [0.1, 0.15) is 11.5 Å². The smallest absolute Gasteiger partial charge is 0.349 e.